The number of rotatable bonds is 4. The Morgan fingerprint density at radius 1 is 1.45 bits per heavy atom. The van der Waals surface area contributed by atoms with Crippen molar-refractivity contribution in [3.05, 3.63) is 22.7 Å². The first-order chi connectivity index (χ1) is 9.68. The van der Waals surface area contributed by atoms with Gasteiger partial charge in [0.25, 0.3) is 0 Å². The lowest BCUT2D eigenvalue weighted by molar-refractivity contribution is 0.133. The van der Waals surface area contributed by atoms with Crippen LogP contribution in [0.15, 0.2) is 21.3 Å². The van der Waals surface area contributed by atoms with Gasteiger partial charge in [-0.2, -0.15) is 16.3 Å². The van der Waals surface area contributed by atoms with E-state index in [9.17, 15) is 0 Å². The largest absolute Gasteiger partial charge is 0.338 e. The Balaban J connectivity index is 1.59. The minimum Gasteiger partial charge on any atom is -0.338 e. The van der Waals surface area contributed by atoms with Gasteiger partial charge in [0, 0.05) is 29.6 Å². The van der Waals surface area contributed by atoms with Gasteiger partial charge in [-0.1, -0.05) is 5.16 Å². The summed E-state index contributed by atoms with van der Waals surface area (Å²) in [6.07, 6.45) is 2.30. The van der Waals surface area contributed by atoms with Crippen molar-refractivity contribution in [3.8, 4) is 11.4 Å². The minimum absolute atomic E-state index is 0.271. The van der Waals surface area contributed by atoms with Crippen LogP contribution in [0.2, 0.25) is 0 Å². The van der Waals surface area contributed by atoms with Crippen molar-refractivity contribution in [1.82, 2.24) is 20.4 Å². The smallest absolute Gasteiger partial charge is 0.241 e. The van der Waals surface area contributed by atoms with Gasteiger partial charge < -0.3 is 9.84 Å². The third-order valence-corrected chi connectivity index (χ3v) is 4.85. The molecule has 6 heteroatoms. The fourth-order valence-corrected chi connectivity index (χ4v) is 3.11. The lowest BCUT2D eigenvalue weighted by atomic mass is 9.90. The van der Waals surface area contributed by atoms with E-state index in [1.807, 2.05) is 23.9 Å². The molecule has 0 unspecified atom stereocenters. The van der Waals surface area contributed by atoms with Crippen molar-refractivity contribution in [2.24, 2.45) is 0 Å². The SMILES string of the molecule is CNC1(C)CCN(Cc2nc(-c3ccsc3)no2)CC1. The molecule has 0 saturated carbocycles. The molecule has 5 nitrogen and oxygen atoms in total. The van der Waals surface area contributed by atoms with Gasteiger partial charge in [0.2, 0.25) is 11.7 Å². The topological polar surface area (TPSA) is 54.2 Å². The Morgan fingerprint density at radius 2 is 2.25 bits per heavy atom. The maximum Gasteiger partial charge on any atom is 0.241 e. The molecule has 1 fully saturated rings. The summed E-state index contributed by atoms with van der Waals surface area (Å²) in [5.41, 5.74) is 1.30. The van der Waals surface area contributed by atoms with Crippen molar-refractivity contribution >= 4 is 11.3 Å². The highest BCUT2D eigenvalue weighted by molar-refractivity contribution is 7.08. The monoisotopic (exact) mass is 292 g/mol. The van der Waals surface area contributed by atoms with E-state index >= 15 is 0 Å². The van der Waals surface area contributed by atoms with E-state index < -0.39 is 0 Å². The van der Waals surface area contributed by atoms with Crippen LogP contribution in [0.5, 0.6) is 0 Å². The summed E-state index contributed by atoms with van der Waals surface area (Å²) in [5.74, 6) is 1.40. The number of hydrogen-bond acceptors (Lipinski definition) is 6. The third-order valence-electron chi connectivity index (χ3n) is 4.17. The van der Waals surface area contributed by atoms with Crippen LogP contribution in [0, 0.1) is 0 Å². The van der Waals surface area contributed by atoms with E-state index in [1.54, 1.807) is 11.3 Å². The molecule has 3 heterocycles. The second-order valence-corrected chi connectivity index (χ2v) is 6.39. The van der Waals surface area contributed by atoms with Gasteiger partial charge in [0.1, 0.15) is 0 Å². The van der Waals surface area contributed by atoms with Gasteiger partial charge in [0.15, 0.2) is 0 Å². The summed E-state index contributed by atoms with van der Waals surface area (Å²) in [5, 5.41) is 11.5. The van der Waals surface area contributed by atoms with Crippen LogP contribution in [0.4, 0.5) is 0 Å². The van der Waals surface area contributed by atoms with E-state index in [0.717, 1.165) is 38.0 Å². The molecule has 3 rings (SSSR count). The van der Waals surface area contributed by atoms with E-state index in [4.69, 9.17) is 4.52 Å². The van der Waals surface area contributed by atoms with E-state index in [1.165, 1.54) is 0 Å². The predicted octanol–water partition coefficient (Wildman–Crippen LogP) is 2.37. The van der Waals surface area contributed by atoms with Gasteiger partial charge in [-0.3, -0.25) is 4.90 Å². The summed E-state index contributed by atoms with van der Waals surface area (Å²) in [6.45, 7) is 5.16. The summed E-state index contributed by atoms with van der Waals surface area (Å²) in [7, 11) is 2.04. The third kappa shape index (κ3) is 2.92. The Kier molecular flexibility index (Phi) is 3.87. The summed E-state index contributed by atoms with van der Waals surface area (Å²) in [6, 6.07) is 2.01. The minimum atomic E-state index is 0.271. The number of nitrogens with one attached hydrogen (secondary N) is 1. The number of nitrogens with zero attached hydrogens (tertiary/aromatic N) is 3. The zero-order valence-corrected chi connectivity index (χ0v) is 12.7. The molecule has 20 heavy (non-hydrogen) atoms. The number of piperidine rings is 1. The van der Waals surface area contributed by atoms with Crippen molar-refractivity contribution in [2.75, 3.05) is 20.1 Å². The molecule has 108 valence electrons. The first-order valence-corrected chi connectivity index (χ1v) is 7.89. The fourth-order valence-electron chi connectivity index (χ4n) is 2.47. The highest BCUT2D eigenvalue weighted by Gasteiger charge is 2.28. The first-order valence-electron chi connectivity index (χ1n) is 6.95. The van der Waals surface area contributed by atoms with Crippen molar-refractivity contribution < 1.29 is 4.52 Å². The number of hydrogen-bond donors (Lipinski definition) is 1. The van der Waals surface area contributed by atoms with Gasteiger partial charge in [0.05, 0.1) is 6.54 Å². The van der Waals surface area contributed by atoms with Crippen LogP contribution in [0.3, 0.4) is 0 Å². The molecule has 0 aromatic carbocycles. The van der Waals surface area contributed by atoms with Crippen LogP contribution in [0.25, 0.3) is 11.4 Å². The quantitative estimate of drug-likeness (QED) is 0.937. The van der Waals surface area contributed by atoms with Crippen LogP contribution in [0.1, 0.15) is 25.7 Å². The maximum atomic E-state index is 5.36. The fraction of sp³-hybridized carbons (Fsp3) is 0.571. The average molecular weight is 292 g/mol. The highest BCUT2D eigenvalue weighted by atomic mass is 32.1. The lowest BCUT2D eigenvalue weighted by Crippen LogP contribution is -2.49. The number of likely N-dealkylation sites (tertiary alicyclic amines) is 1. The summed E-state index contributed by atoms with van der Waals surface area (Å²) < 4.78 is 5.36. The summed E-state index contributed by atoms with van der Waals surface area (Å²) in [4.78, 5) is 6.85. The van der Waals surface area contributed by atoms with Crippen LogP contribution in [-0.2, 0) is 6.54 Å². The Hall–Kier alpha value is -1.24. The standard InChI is InChI=1S/C14H20N4OS/c1-14(15-2)4-6-18(7-5-14)9-12-16-13(17-19-12)11-3-8-20-10-11/h3,8,10,15H,4-7,9H2,1-2H3. The Morgan fingerprint density at radius 3 is 2.90 bits per heavy atom. The molecule has 1 saturated heterocycles. The molecule has 0 amide bonds. The molecule has 1 N–H and O–H groups in total. The van der Waals surface area contributed by atoms with Crippen LogP contribution >= 0.6 is 11.3 Å². The molecular formula is C14H20N4OS. The highest BCUT2D eigenvalue weighted by Crippen LogP contribution is 2.23. The van der Waals surface area contributed by atoms with E-state index in [2.05, 4.69) is 27.3 Å². The Bertz CT molecular complexity index is 543. The second kappa shape index (κ2) is 5.63. The molecular weight excluding hydrogens is 272 g/mol. The molecule has 0 spiro atoms. The zero-order valence-electron chi connectivity index (χ0n) is 11.9. The first kappa shape index (κ1) is 13.7. The van der Waals surface area contributed by atoms with Crippen LogP contribution in [-0.4, -0.2) is 40.7 Å². The molecule has 0 bridgehead atoms. The number of thiophene rings is 1. The van der Waals surface area contributed by atoms with Gasteiger partial charge in [-0.15, -0.1) is 0 Å². The number of aromatic nitrogens is 2. The lowest BCUT2D eigenvalue weighted by Gasteiger charge is -2.38. The van der Waals surface area contributed by atoms with Crippen molar-refractivity contribution in [1.29, 1.82) is 0 Å². The predicted molar refractivity (Wildman–Crippen MR) is 79.6 cm³/mol. The Labute approximate surface area is 123 Å². The second-order valence-electron chi connectivity index (χ2n) is 5.61. The maximum absolute atomic E-state index is 5.36. The molecule has 0 aliphatic carbocycles. The van der Waals surface area contributed by atoms with Gasteiger partial charge in [-0.05, 0) is 38.3 Å². The molecule has 2 aromatic rings. The van der Waals surface area contributed by atoms with Crippen molar-refractivity contribution in [3.63, 3.8) is 0 Å². The van der Waals surface area contributed by atoms with Gasteiger partial charge in [-0.25, -0.2) is 0 Å². The van der Waals surface area contributed by atoms with E-state index in [0.29, 0.717) is 11.7 Å². The zero-order chi connectivity index (χ0) is 14.0. The molecule has 1 aliphatic heterocycles. The van der Waals surface area contributed by atoms with Gasteiger partial charge >= 0.3 is 0 Å². The normalized spacial score (nSPS) is 19.3. The average Bonchev–Trinajstić information content (AvgIpc) is 3.12. The molecule has 2 aromatic heterocycles. The van der Waals surface area contributed by atoms with Crippen molar-refractivity contribution in [2.45, 2.75) is 31.8 Å². The van der Waals surface area contributed by atoms with E-state index in [-0.39, 0.29) is 5.54 Å². The molecule has 0 atom stereocenters. The molecule has 1 aliphatic rings. The summed E-state index contributed by atoms with van der Waals surface area (Å²) >= 11 is 1.64. The van der Waals surface area contributed by atoms with Crippen LogP contribution < -0.4 is 5.32 Å². The molecule has 0 radical (unpaired) electrons.